The van der Waals surface area contributed by atoms with Crippen LogP contribution in [0.4, 0.5) is 0 Å². The first-order valence-corrected chi connectivity index (χ1v) is 6.55. The number of esters is 2. The fourth-order valence-electron chi connectivity index (χ4n) is 2.42. The molecule has 0 radical (unpaired) electrons. The molecule has 4 nitrogen and oxygen atoms in total. The maximum absolute atomic E-state index is 12.1. The molecule has 0 N–H and O–H groups in total. The summed E-state index contributed by atoms with van der Waals surface area (Å²) in [5.74, 6) is -0.645. The van der Waals surface area contributed by atoms with Crippen LogP contribution in [0.2, 0.25) is 0 Å². The van der Waals surface area contributed by atoms with E-state index in [2.05, 4.69) is 0 Å². The Labute approximate surface area is 108 Å². The first kappa shape index (κ1) is 14.7. The Morgan fingerprint density at radius 3 is 2.50 bits per heavy atom. The first-order chi connectivity index (χ1) is 8.54. The van der Waals surface area contributed by atoms with Crippen LogP contribution in [-0.4, -0.2) is 25.2 Å². The maximum atomic E-state index is 12.1. The van der Waals surface area contributed by atoms with Gasteiger partial charge in [0, 0.05) is 0 Å². The van der Waals surface area contributed by atoms with Crippen molar-refractivity contribution in [2.75, 3.05) is 13.2 Å². The molecular formula is C14H22O4. The molecule has 1 aliphatic carbocycles. The Balaban J connectivity index is 2.90. The van der Waals surface area contributed by atoms with Crippen molar-refractivity contribution in [2.24, 2.45) is 5.41 Å². The fourth-order valence-corrected chi connectivity index (χ4v) is 2.42. The normalized spacial score (nSPS) is 23.2. The van der Waals surface area contributed by atoms with Gasteiger partial charge in [-0.2, -0.15) is 0 Å². The molecule has 0 amide bonds. The first-order valence-electron chi connectivity index (χ1n) is 6.55. The number of rotatable bonds is 5. The smallest absolute Gasteiger partial charge is 0.316 e. The van der Waals surface area contributed by atoms with Crippen molar-refractivity contribution in [1.82, 2.24) is 0 Å². The van der Waals surface area contributed by atoms with E-state index in [4.69, 9.17) is 9.47 Å². The molecule has 18 heavy (non-hydrogen) atoms. The third-order valence-electron chi connectivity index (χ3n) is 3.16. The van der Waals surface area contributed by atoms with Crippen molar-refractivity contribution in [3.8, 4) is 0 Å². The van der Waals surface area contributed by atoms with Crippen LogP contribution in [0.1, 0.15) is 46.5 Å². The van der Waals surface area contributed by atoms with Gasteiger partial charge >= 0.3 is 11.9 Å². The number of hydrogen-bond donors (Lipinski definition) is 0. The van der Waals surface area contributed by atoms with E-state index in [1.165, 1.54) is 0 Å². The Bertz CT molecular complexity index is 346. The minimum absolute atomic E-state index is 0.0804. The van der Waals surface area contributed by atoms with Gasteiger partial charge in [0.25, 0.3) is 0 Å². The minimum Gasteiger partial charge on any atom is -0.466 e. The van der Waals surface area contributed by atoms with E-state index >= 15 is 0 Å². The zero-order valence-corrected chi connectivity index (χ0v) is 11.5. The van der Waals surface area contributed by atoms with Crippen molar-refractivity contribution in [3.63, 3.8) is 0 Å². The van der Waals surface area contributed by atoms with Crippen LogP contribution in [0.3, 0.4) is 0 Å². The highest BCUT2D eigenvalue weighted by molar-refractivity contribution is 5.85. The summed E-state index contributed by atoms with van der Waals surface area (Å²) >= 11 is 0. The van der Waals surface area contributed by atoms with Crippen molar-refractivity contribution < 1.29 is 19.1 Å². The van der Waals surface area contributed by atoms with Crippen LogP contribution in [0.15, 0.2) is 11.6 Å². The molecular weight excluding hydrogens is 232 g/mol. The summed E-state index contributed by atoms with van der Waals surface area (Å²) in [5, 5.41) is 0. The molecule has 0 aromatic heterocycles. The highest BCUT2D eigenvalue weighted by Gasteiger charge is 2.41. The Kier molecular flexibility index (Phi) is 5.38. The predicted molar refractivity (Wildman–Crippen MR) is 67.9 cm³/mol. The minimum atomic E-state index is -0.815. The predicted octanol–water partition coefficient (Wildman–Crippen LogP) is 2.62. The number of carbonyl (C=O) groups excluding carboxylic acids is 2. The summed E-state index contributed by atoms with van der Waals surface area (Å²) < 4.78 is 10.1. The molecule has 1 aliphatic rings. The van der Waals surface area contributed by atoms with Crippen LogP contribution in [-0.2, 0) is 19.1 Å². The van der Waals surface area contributed by atoms with Crippen LogP contribution in [0, 0.1) is 5.41 Å². The van der Waals surface area contributed by atoms with Gasteiger partial charge in [0.15, 0.2) is 0 Å². The van der Waals surface area contributed by atoms with Crippen LogP contribution >= 0.6 is 0 Å². The largest absolute Gasteiger partial charge is 0.466 e. The lowest BCUT2D eigenvalue weighted by molar-refractivity contribution is -0.160. The zero-order chi connectivity index (χ0) is 13.6. The lowest BCUT2D eigenvalue weighted by Gasteiger charge is -2.31. The third-order valence-corrected chi connectivity index (χ3v) is 3.16. The lowest BCUT2D eigenvalue weighted by atomic mass is 9.74. The second-order valence-corrected chi connectivity index (χ2v) is 4.70. The second-order valence-electron chi connectivity index (χ2n) is 4.70. The molecule has 4 heteroatoms. The van der Waals surface area contributed by atoms with E-state index in [9.17, 15) is 9.59 Å². The van der Waals surface area contributed by atoms with Crippen LogP contribution in [0.25, 0.3) is 0 Å². The van der Waals surface area contributed by atoms with E-state index in [0.29, 0.717) is 19.6 Å². The SMILES string of the molecule is CCOC(=O)CC1(C(=O)OCC)C=C(C)CCC1. The molecule has 1 atom stereocenters. The highest BCUT2D eigenvalue weighted by atomic mass is 16.5. The Hall–Kier alpha value is -1.32. The molecule has 0 bridgehead atoms. The molecule has 0 saturated carbocycles. The summed E-state index contributed by atoms with van der Waals surface area (Å²) in [6.45, 7) is 6.18. The van der Waals surface area contributed by atoms with Crippen molar-refractivity contribution in [1.29, 1.82) is 0 Å². The molecule has 0 aromatic carbocycles. The average molecular weight is 254 g/mol. The molecule has 0 aliphatic heterocycles. The van der Waals surface area contributed by atoms with Crippen molar-refractivity contribution >= 4 is 11.9 Å². The quantitative estimate of drug-likeness (QED) is 0.559. The third kappa shape index (κ3) is 3.59. The average Bonchev–Trinajstić information content (AvgIpc) is 2.29. The summed E-state index contributed by atoms with van der Waals surface area (Å²) in [5.41, 5.74) is 0.323. The summed E-state index contributed by atoms with van der Waals surface area (Å²) in [6, 6.07) is 0. The standard InChI is InChI=1S/C14H22O4/c1-4-17-12(15)10-14(13(16)18-5-2)8-6-7-11(3)9-14/h9H,4-8,10H2,1-3H3. The van der Waals surface area contributed by atoms with Crippen molar-refractivity contribution in [2.45, 2.75) is 46.5 Å². The number of carbonyl (C=O) groups is 2. The molecule has 0 aromatic rings. The molecule has 1 rings (SSSR count). The fraction of sp³-hybridized carbons (Fsp3) is 0.714. The molecule has 0 spiro atoms. The van der Waals surface area contributed by atoms with Gasteiger partial charge in [-0.15, -0.1) is 0 Å². The van der Waals surface area contributed by atoms with E-state index in [-0.39, 0.29) is 18.4 Å². The second kappa shape index (κ2) is 6.57. The molecule has 1 unspecified atom stereocenters. The van der Waals surface area contributed by atoms with Gasteiger partial charge in [-0.25, -0.2) is 0 Å². The maximum Gasteiger partial charge on any atom is 0.316 e. The summed E-state index contributed by atoms with van der Waals surface area (Å²) in [7, 11) is 0. The van der Waals surface area contributed by atoms with E-state index < -0.39 is 5.41 Å². The van der Waals surface area contributed by atoms with Gasteiger partial charge < -0.3 is 9.47 Å². The number of hydrogen-bond acceptors (Lipinski definition) is 4. The van der Waals surface area contributed by atoms with Crippen LogP contribution < -0.4 is 0 Å². The summed E-state index contributed by atoms with van der Waals surface area (Å²) in [4.78, 5) is 23.8. The van der Waals surface area contributed by atoms with E-state index in [0.717, 1.165) is 18.4 Å². The molecule has 0 fully saturated rings. The number of ether oxygens (including phenoxy) is 2. The summed E-state index contributed by atoms with van der Waals surface area (Å²) in [6.07, 6.45) is 4.51. The molecule has 0 heterocycles. The lowest BCUT2D eigenvalue weighted by Crippen LogP contribution is -2.36. The molecule has 0 saturated heterocycles. The Morgan fingerprint density at radius 2 is 1.94 bits per heavy atom. The zero-order valence-electron chi connectivity index (χ0n) is 11.5. The van der Waals surface area contributed by atoms with Gasteiger partial charge in [-0.1, -0.05) is 11.6 Å². The van der Waals surface area contributed by atoms with E-state index in [1.807, 2.05) is 13.0 Å². The van der Waals surface area contributed by atoms with E-state index in [1.54, 1.807) is 13.8 Å². The molecule has 102 valence electrons. The van der Waals surface area contributed by atoms with Gasteiger partial charge in [-0.05, 0) is 40.0 Å². The monoisotopic (exact) mass is 254 g/mol. The highest BCUT2D eigenvalue weighted by Crippen LogP contribution is 2.38. The van der Waals surface area contributed by atoms with Gasteiger partial charge in [0.1, 0.15) is 0 Å². The number of allylic oxidation sites excluding steroid dienone is 1. The van der Waals surface area contributed by atoms with Crippen LogP contribution in [0.5, 0.6) is 0 Å². The van der Waals surface area contributed by atoms with Gasteiger partial charge in [0.05, 0.1) is 25.0 Å². The van der Waals surface area contributed by atoms with Gasteiger partial charge in [0.2, 0.25) is 0 Å². The Morgan fingerprint density at radius 1 is 1.28 bits per heavy atom. The topological polar surface area (TPSA) is 52.6 Å². The van der Waals surface area contributed by atoms with Crippen molar-refractivity contribution in [3.05, 3.63) is 11.6 Å². The van der Waals surface area contributed by atoms with Gasteiger partial charge in [-0.3, -0.25) is 9.59 Å².